The van der Waals surface area contributed by atoms with Crippen molar-refractivity contribution < 1.29 is 4.79 Å². The molecule has 2 heterocycles. The lowest BCUT2D eigenvalue weighted by atomic mass is 10.2. The average Bonchev–Trinajstić information content (AvgIpc) is 2.47. The van der Waals surface area contributed by atoms with Crippen LogP contribution < -0.4 is 5.73 Å². The molecule has 0 aromatic carbocycles. The van der Waals surface area contributed by atoms with Crippen molar-refractivity contribution in [1.29, 1.82) is 0 Å². The fourth-order valence-electron chi connectivity index (χ4n) is 1.15. The van der Waals surface area contributed by atoms with Gasteiger partial charge in [-0.25, -0.2) is 4.98 Å². The molecule has 4 nitrogen and oxygen atoms in total. The van der Waals surface area contributed by atoms with E-state index in [0.717, 1.165) is 5.56 Å². The van der Waals surface area contributed by atoms with Crippen LogP contribution in [-0.4, -0.2) is 15.9 Å². The predicted molar refractivity (Wildman–Crippen MR) is 43.7 cm³/mol. The van der Waals surface area contributed by atoms with E-state index in [1.165, 1.54) is 0 Å². The molecule has 0 saturated heterocycles. The summed E-state index contributed by atoms with van der Waals surface area (Å²) >= 11 is 0. The molecule has 0 radical (unpaired) electrons. The molecule has 0 aromatic rings. The Hall–Kier alpha value is -1.84. The third-order valence-corrected chi connectivity index (χ3v) is 1.69. The van der Waals surface area contributed by atoms with Crippen molar-refractivity contribution in [1.82, 2.24) is 9.97 Å². The van der Waals surface area contributed by atoms with Crippen LogP contribution in [0, 0.1) is 0 Å². The molecular weight excluding hydrogens is 154 g/mol. The number of pyridine rings is 1. The lowest BCUT2D eigenvalue weighted by Gasteiger charge is -1.97. The summed E-state index contributed by atoms with van der Waals surface area (Å²) in [6.45, 7) is 0. The van der Waals surface area contributed by atoms with Crippen molar-refractivity contribution in [2.75, 3.05) is 0 Å². The van der Waals surface area contributed by atoms with Crippen LogP contribution in [0.25, 0.3) is 11.3 Å². The highest BCUT2D eigenvalue weighted by molar-refractivity contribution is 5.97. The Labute approximate surface area is 68.8 Å². The van der Waals surface area contributed by atoms with Crippen molar-refractivity contribution in [3.63, 3.8) is 0 Å². The zero-order chi connectivity index (χ0) is 8.55. The zero-order valence-corrected chi connectivity index (χ0v) is 6.24. The van der Waals surface area contributed by atoms with Crippen LogP contribution >= 0.6 is 0 Å². The van der Waals surface area contributed by atoms with E-state index < -0.39 is 5.91 Å². The van der Waals surface area contributed by atoms with Gasteiger partial charge in [0.05, 0.1) is 5.69 Å². The third-order valence-electron chi connectivity index (χ3n) is 1.69. The van der Waals surface area contributed by atoms with Gasteiger partial charge in [0, 0.05) is 18.0 Å². The normalized spacial score (nSPS) is 10.3. The minimum atomic E-state index is -0.507. The summed E-state index contributed by atoms with van der Waals surface area (Å²) in [5.74, 6) is -0.507. The number of carbonyl (C=O) groups is 1. The van der Waals surface area contributed by atoms with Gasteiger partial charge in [0.15, 0.2) is 5.69 Å². The van der Waals surface area contributed by atoms with E-state index in [1.807, 2.05) is 12.1 Å². The second-order valence-electron chi connectivity index (χ2n) is 2.47. The maximum Gasteiger partial charge on any atom is 0.269 e. The van der Waals surface area contributed by atoms with Gasteiger partial charge in [0.25, 0.3) is 5.91 Å². The Morgan fingerprint density at radius 1 is 1.58 bits per heavy atom. The monoisotopic (exact) mass is 161 g/mol. The molecule has 4 heteroatoms. The number of aromatic nitrogens is 2. The van der Waals surface area contributed by atoms with Crippen LogP contribution in [0.5, 0.6) is 0 Å². The van der Waals surface area contributed by atoms with Crippen molar-refractivity contribution >= 4 is 5.91 Å². The van der Waals surface area contributed by atoms with Crippen LogP contribution in [0.4, 0.5) is 0 Å². The topological polar surface area (TPSA) is 71.8 Å². The smallest absolute Gasteiger partial charge is 0.269 e. The minimum absolute atomic E-state index is 0.297. The van der Waals surface area contributed by atoms with Gasteiger partial charge in [0.1, 0.15) is 0 Å². The molecule has 0 bridgehead atoms. The van der Waals surface area contributed by atoms with Crippen LogP contribution in [-0.2, 0) is 0 Å². The maximum atomic E-state index is 10.8. The third kappa shape index (κ3) is 0.852. The summed E-state index contributed by atoms with van der Waals surface area (Å²) in [4.78, 5) is 17.6. The number of hydrogen-bond donors (Lipinski definition) is 2. The number of amides is 1. The van der Waals surface area contributed by atoms with E-state index in [9.17, 15) is 4.79 Å². The molecule has 0 aliphatic carbocycles. The van der Waals surface area contributed by atoms with E-state index in [-0.39, 0.29) is 0 Å². The zero-order valence-electron chi connectivity index (χ0n) is 6.24. The maximum absolute atomic E-state index is 10.8. The second-order valence-corrected chi connectivity index (χ2v) is 2.47. The molecule has 2 rings (SSSR count). The van der Waals surface area contributed by atoms with Crippen molar-refractivity contribution in [3.05, 3.63) is 30.2 Å². The molecule has 0 spiro atoms. The first-order valence-corrected chi connectivity index (χ1v) is 3.51. The number of primary amides is 1. The standard InChI is InChI=1S/C8H7N3O/c9-8(12)7-6-5(4-11-7)2-1-3-10-6/h1-4,10H,(H2,9,12). The molecule has 60 valence electrons. The largest absolute Gasteiger partial charge is 0.364 e. The van der Waals surface area contributed by atoms with Crippen molar-refractivity contribution in [2.45, 2.75) is 0 Å². The molecule has 12 heavy (non-hydrogen) atoms. The first kappa shape index (κ1) is 6.84. The van der Waals surface area contributed by atoms with Crippen LogP contribution in [0.1, 0.15) is 10.5 Å². The van der Waals surface area contributed by atoms with Gasteiger partial charge in [-0.15, -0.1) is 0 Å². The molecule has 3 N–H and O–H groups in total. The number of fused-ring (bicyclic) bond motifs is 1. The quantitative estimate of drug-likeness (QED) is 0.643. The molecule has 0 unspecified atom stereocenters. The van der Waals surface area contributed by atoms with Gasteiger partial charge in [0.2, 0.25) is 0 Å². The van der Waals surface area contributed by atoms with Gasteiger partial charge in [-0.2, -0.15) is 0 Å². The summed E-state index contributed by atoms with van der Waals surface area (Å²) in [6, 6.07) is 3.71. The summed E-state index contributed by atoms with van der Waals surface area (Å²) in [7, 11) is 0. The van der Waals surface area contributed by atoms with Gasteiger partial charge in [-0.3, -0.25) is 4.79 Å². The number of nitrogens with one attached hydrogen (secondary N) is 1. The minimum Gasteiger partial charge on any atom is -0.364 e. The number of rotatable bonds is 1. The number of nitrogens with two attached hydrogens (primary N) is 1. The fourth-order valence-corrected chi connectivity index (χ4v) is 1.15. The summed E-state index contributed by atoms with van der Waals surface area (Å²) in [5.41, 5.74) is 6.99. The molecule has 2 aliphatic rings. The first-order valence-electron chi connectivity index (χ1n) is 3.51. The van der Waals surface area contributed by atoms with Gasteiger partial charge < -0.3 is 10.7 Å². The molecule has 0 fully saturated rings. The number of H-pyrrole nitrogens is 1. The lowest BCUT2D eigenvalue weighted by molar-refractivity contribution is 0.0996. The van der Waals surface area contributed by atoms with E-state index in [4.69, 9.17) is 5.73 Å². The number of aromatic amines is 1. The Balaban J connectivity index is 2.67. The number of hydrogen-bond acceptors (Lipinski definition) is 2. The summed E-state index contributed by atoms with van der Waals surface area (Å²) in [5, 5.41) is 0. The fraction of sp³-hybridized carbons (Fsp3) is 0. The second kappa shape index (κ2) is 2.34. The van der Waals surface area contributed by atoms with Crippen LogP contribution in [0.2, 0.25) is 0 Å². The predicted octanol–water partition coefficient (Wildman–Crippen LogP) is 0.613. The average molecular weight is 161 g/mol. The SMILES string of the molecule is NC(=O)c1ncc2ccc[nH]c1-2. The van der Waals surface area contributed by atoms with E-state index in [2.05, 4.69) is 9.97 Å². The van der Waals surface area contributed by atoms with Crippen molar-refractivity contribution in [3.8, 4) is 11.3 Å². The van der Waals surface area contributed by atoms with E-state index >= 15 is 0 Å². The Kier molecular flexibility index (Phi) is 1.33. The Bertz CT molecular complexity index is 393. The van der Waals surface area contributed by atoms with Crippen LogP contribution in [0.15, 0.2) is 24.5 Å². The number of carbonyl (C=O) groups excluding carboxylic acids is 1. The summed E-state index contributed by atoms with van der Waals surface area (Å²) in [6.07, 6.45) is 3.35. The highest BCUT2D eigenvalue weighted by Gasteiger charge is 2.14. The molecule has 0 atom stereocenters. The van der Waals surface area contributed by atoms with E-state index in [0.29, 0.717) is 11.4 Å². The van der Waals surface area contributed by atoms with Crippen molar-refractivity contribution in [2.24, 2.45) is 5.73 Å². The van der Waals surface area contributed by atoms with Gasteiger partial charge in [-0.1, -0.05) is 0 Å². The highest BCUT2D eigenvalue weighted by Crippen LogP contribution is 2.21. The Morgan fingerprint density at radius 3 is 3.17 bits per heavy atom. The van der Waals surface area contributed by atoms with Gasteiger partial charge >= 0.3 is 0 Å². The molecule has 0 aromatic heterocycles. The van der Waals surface area contributed by atoms with Crippen LogP contribution in [0.3, 0.4) is 0 Å². The Morgan fingerprint density at radius 2 is 2.42 bits per heavy atom. The lowest BCUT2D eigenvalue weighted by Crippen LogP contribution is -2.12. The molecule has 2 aliphatic heterocycles. The molecular formula is C8H7N3O. The highest BCUT2D eigenvalue weighted by atomic mass is 16.1. The first-order chi connectivity index (χ1) is 5.79. The van der Waals surface area contributed by atoms with Gasteiger partial charge in [-0.05, 0) is 12.1 Å². The summed E-state index contributed by atoms with van der Waals surface area (Å²) < 4.78 is 0. The molecule has 1 amide bonds. The van der Waals surface area contributed by atoms with E-state index in [1.54, 1.807) is 12.4 Å². The molecule has 0 saturated carbocycles. The number of nitrogens with zero attached hydrogens (tertiary/aromatic N) is 1.